The third-order valence-electron chi connectivity index (χ3n) is 13.4. The minimum Gasteiger partial charge on any atom is -0.491 e. The standard InChI is InChI=1S/C22H30F2O4.C22H28F2O3/c1-2-26-18-4-3-17(19(23)20(18)24)21(25)9-5-15(6-10-21)16-7-11-22(12-8-16)27-13-14-28-22;1-2-25-19-8-7-18(20(23)21(19)24)17-5-3-15(4-6-17)16-9-11-22(12-10-16)26-13-14-27-22/h3-4,15-16,25H,2,5-14H2,1H3;5,7-8,15-16H,2-4,6,9-14H2,1H3. The molecular weight excluding hydrogens is 716 g/mol. The van der Waals surface area contributed by atoms with Gasteiger partial charge in [0.15, 0.2) is 34.7 Å². The van der Waals surface area contributed by atoms with Crippen molar-refractivity contribution in [3.05, 3.63) is 64.7 Å². The molecule has 0 aromatic heterocycles. The maximum absolute atomic E-state index is 14.6. The van der Waals surface area contributed by atoms with Gasteiger partial charge in [-0.05, 0) is 138 Å². The van der Waals surface area contributed by atoms with Crippen LogP contribution in [0.3, 0.4) is 0 Å². The summed E-state index contributed by atoms with van der Waals surface area (Å²) in [5.74, 6) is -2.07. The number of hydrogen-bond acceptors (Lipinski definition) is 7. The van der Waals surface area contributed by atoms with Crippen molar-refractivity contribution in [1.82, 2.24) is 0 Å². The van der Waals surface area contributed by atoms with Gasteiger partial charge in [0.1, 0.15) is 0 Å². The van der Waals surface area contributed by atoms with Crippen LogP contribution in [0.2, 0.25) is 0 Å². The van der Waals surface area contributed by atoms with E-state index in [0.717, 1.165) is 89.0 Å². The van der Waals surface area contributed by atoms with Gasteiger partial charge in [-0.3, -0.25) is 0 Å². The lowest BCUT2D eigenvalue weighted by Gasteiger charge is -2.43. The Balaban J connectivity index is 0.000000169. The number of ether oxygens (including phenoxy) is 6. The van der Waals surface area contributed by atoms with E-state index in [1.54, 1.807) is 19.9 Å². The molecule has 304 valence electrons. The topological polar surface area (TPSA) is 75.6 Å². The van der Waals surface area contributed by atoms with Gasteiger partial charge in [-0.2, -0.15) is 8.78 Å². The van der Waals surface area contributed by atoms with E-state index in [1.165, 1.54) is 18.2 Å². The number of rotatable bonds is 8. The third-order valence-corrected chi connectivity index (χ3v) is 13.4. The molecular formula is C44H58F4O7. The molecule has 3 saturated carbocycles. The normalized spacial score (nSPS) is 29.1. The first-order valence-corrected chi connectivity index (χ1v) is 20.8. The highest BCUT2D eigenvalue weighted by molar-refractivity contribution is 5.67. The number of benzene rings is 2. The fourth-order valence-electron chi connectivity index (χ4n) is 10.3. The maximum Gasteiger partial charge on any atom is 0.201 e. The van der Waals surface area contributed by atoms with Crippen LogP contribution in [0.4, 0.5) is 17.6 Å². The van der Waals surface area contributed by atoms with Crippen LogP contribution < -0.4 is 9.47 Å². The molecule has 5 fully saturated rings. The minimum atomic E-state index is -1.31. The lowest BCUT2D eigenvalue weighted by Crippen LogP contribution is -2.39. The second-order valence-electron chi connectivity index (χ2n) is 16.4. The molecule has 11 heteroatoms. The lowest BCUT2D eigenvalue weighted by atomic mass is 9.67. The second-order valence-corrected chi connectivity index (χ2v) is 16.4. The SMILES string of the molecule is CCOc1ccc(C2(O)CCC(C3CCC4(CC3)OCCO4)CC2)c(F)c1F.CCOc1ccc(C2=CCC(C3CCC4(CC3)OCCO4)CC2)c(F)c1F. The maximum atomic E-state index is 14.6. The molecule has 2 aromatic rings. The van der Waals surface area contributed by atoms with Crippen molar-refractivity contribution in [2.24, 2.45) is 23.7 Å². The van der Waals surface area contributed by atoms with Crippen LogP contribution in [0.1, 0.15) is 121 Å². The molecule has 55 heavy (non-hydrogen) atoms. The van der Waals surface area contributed by atoms with Crippen LogP contribution in [0.15, 0.2) is 30.3 Å². The highest BCUT2D eigenvalue weighted by Crippen LogP contribution is 2.49. The zero-order valence-electron chi connectivity index (χ0n) is 32.5. The van der Waals surface area contributed by atoms with Crippen molar-refractivity contribution in [2.45, 2.75) is 127 Å². The Labute approximate surface area is 323 Å². The first-order valence-electron chi connectivity index (χ1n) is 20.8. The molecule has 4 aliphatic carbocycles. The monoisotopic (exact) mass is 774 g/mol. The summed E-state index contributed by atoms with van der Waals surface area (Å²) in [7, 11) is 0. The molecule has 0 bridgehead atoms. The molecule has 6 aliphatic rings. The fourth-order valence-corrected chi connectivity index (χ4v) is 10.3. The average Bonchev–Trinajstić information content (AvgIpc) is 3.87. The van der Waals surface area contributed by atoms with Gasteiger partial charge < -0.3 is 33.5 Å². The number of halogens is 4. The van der Waals surface area contributed by atoms with Crippen LogP contribution in [-0.4, -0.2) is 56.3 Å². The van der Waals surface area contributed by atoms with Crippen molar-refractivity contribution in [2.75, 3.05) is 39.6 Å². The fraction of sp³-hybridized carbons (Fsp3) is 0.682. The molecule has 1 unspecified atom stereocenters. The van der Waals surface area contributed by atoms with Crippen LogP contribution in [-0.2, 0) is 24.5 Å². The molecule has 1 N–H and O–H groups in total. The Morgan fingerprint density at radius 1 is 0.582 bits per heavy atom. The van der Waals surface area contributed by atoms with Gasteiger partial charge in [0.25, 0.3) is 0 Å². The van der Waals surface area contributed by atoms with Crippen LogP contribution in [0.25, 0.3) is 5.57 Å². The van der Waals surface area contributed by atoms with Crippen molar-refractivity contribution in [1.29, 1.82) is 0 Å². The van der Waals surface area contributed by atoms with E-state index in [0.29, 0.717) is 75.1 Å². The summed E-state index contributed by atoms with van der Waals surface area (Å²) in [5.41, 5.74) is 0.0483. The average molecular weight is 775 g/mol. The van der Waals surface area contributed by atoms with Gasteiger partial charge in [-0.25, -0.2) is 8.78 Å². The molecule has 2 saturated heterocycles. The third kappa shape index (κ3) is 8.76. The summed E-state index contributed by atoms with van der Waals surface area (Å²) in [6.45, 7) is 6.86. The van der Waals surface area contributed by atoms with E-state index in [9.17, 15) is 22.7 Å². The van der Waals surface area contributed by atoms with Gasteiger partial charge in [0, 0.05) is 36.8 Å². The summed E-state index contributed by atoms with van der Waals surface area (Å²) in [5, 5.41) is 11.1. The van der Waals surface area contributed by atoms with Crippen LogP contribution in [0.5, 0.6) is 11.5 Å². The Bertz CT molecular complexity index is 1620. The first-order chi connectivity index (χ1) is 26.6. The quantitative estimate of drug-likeness (QED) is 0.268. The zero-order chi connectivity index (χ0) is 38.6. The van der Waals surface area contributed by atoms with E-state index in [4.69, 9.17) is 28.4 Å². The zero-order valence-corrected chi connectivity index (χ0v) is 32.5. The number of aliphatic hydroxyl groups is 1. The largest absolute Gasteiger partial charge is 0.491 e. The molecule has 2 aromatic carbocycles. The first kappa shape index (κ1) is 40.5. The van der Waals surface area contributed by atoms with E-state index in [2.05, 4.69) is 6.08 Å². The summed E-state index contributed by atoms with van der Waals surface area (Å²) in [4.78, 5) is 0. The van der Waals surface area contributed by atoms with Crippen molar-refractivity contribution < 1.29 is 51.1 Å². The Morgan fingerprint density at radius 3 is 1.51 bits per heavy atom. The molecule has 0 radical (unpaired) electrons. The molecule has 2 aliphatic heterocycles. The highest BCUT2D eigenvalue weighted by Gasteiger charge is 2.45. The van der Waals surface area contributed by atoms with E-state index in [-0.39, 0.29) is 35.2 Å². The Kier molecular flexibility index (Phi) is 12.8. The van der Waals surface area contributed by atoms with Gasteiger partial charge >= 0.3 is 0 Å². The van der Waals surface area contributed by atoms with E-state index in [1.807, 2.05) is 0 Å². The van der Waals surface area contributed by atoms with E-state index >= 15 is 0 Å². The molecule has 0 amide bonds. The van der Waals surface area contributed by atoms with Gasteiger partial charge in [-0.15, -0.1) is 0 Å². The van der Waals surface area contributed by atoms with Gasteiger partial charge in [0.05, 0.1) is 45.2 Å². The summed E-state index contributed by atoms with van der Waals surface area (Å²) >= 11 is 0. The van der Waals surface area contributed by atoms with Gasteiger partial charge in [0.2, 0.25) is 11.6 Å². The highest BCUT2D eigenvalue weighted by atomic mass is 19.2. The molecule has 1 atom stereocenters. The van der Waals surface area contributed by atoms with Crippen LogP contribution >= 0.6 is 0 Å². The summed E-state index contributed by atoms with van der Waals surface area (Å²) in [6.07, 6.45) is 15.6. The smallest absolute Gasteiger partial charge is 0.201 e. The predicted octanol–water partition coefficient (Wildman–Crippen LogP) is 10.2. The second kappa shape index (κ2) is 17.4. The Morgan fingerprint density at radius 2 is 1.04 bits per heavy atom. The minimum absolute atomic E-state index is 0.0134. The molecule has 8 rings (SSSR count). The van der Waals surface area contributed by atoms with Crippen LogP contribution in [0, 0.1) is 46.9 Å². The summed E-state index contributed by atoms with van der Waals surface area (Å²) < 4.78 is 91.0. The number of allylic oxidation sites excluding steroid dienone is 2. The predicted molar refractivity (Wildman–Crippen MR) is 199 cm³/mol. The lowest BCUT2D eigenvalue weighted by molar-refractivity contribution is -0.186. The number of hydrogen-bond donors (Lipinski definition) is 1. The van der Waals surface area contributed by atoms with Crippen molar-refractivity contribution in [3.8, 4) is 11.5 Å². The Hall–Kier alpha value is -2.70. The van der Waals surface area contributed by atoms with Crippen molar-refractivity contribution in [3.63, 3.8) is 0 Å². The van der Waals surface area contributed by atoms with E-state index < -0.39 is 28.9 Å². The molecule has 2 spiro atoms. The molecule has 2 heterocycles. The van der Waals surface area contributed by atoms with Gasteiger partial charge in [-0.1, -0.05) is 6.08 Å². The molecule has 7 nitrogen and oxygen atoms in total. The van der Waals surface area contributed by atoms with Crippen molar-refractivity contribution >= 4 is 5.57 Å². The summed E-state index contributed by atoms with van der Waals surface area (Å²) in [6, 6.07) is 6.08.